The van der Waals surface area contributed by atoms with Gasteiger partial charge in [0.25, 0.3) is 0 Å². The van der Waals surface area contributed by atoms with Crippen molar-refractivity contribution in [2.45, 2.75) is 32.1 Å². The minimum Gasteiger partial charge on any atom is -0.550 e. The molecule has 0 aromatic carbocycles. The van der Waals surface area contributed by atoms with Crippen LogP contribution in [0.4, 0.5) is 0 Å². The van der Waals surface area contributed by atoms with Crippen LogP contribution in [-0.4, -0.2) is 5.97 Å². The molecular weight excluding hydrogens is 140 g/mol. The molecule has 0 aliphatic heterocycles. The lowest BCUT2D eigenvalue weighted by Crippen LogP contribution is -2.27. The van der Waals surface area contributed by atoms with Gasteiger partial charge in [-0.25, -0.2) is 0 Å². The zero-order valence-corrected chi connectivity index (χ0v) is 6.58. The standard InChI is InChI=1S/C9H14O2/c10-9(11)5-8-4-6-1-2-7(8)3-6/h6-8H,1-5H2,(H,10,11)/p-1/t6-,7+,8-/m1/s1. The lowest BCUT2D eigenvalue weighted by molar-refractivity contribution is -0.307. The molecule has 0 saturated heterocycles. The van der Waals surface area contributed by atoms with Crippen molar-refractivity contribution in [3.63, 3.8) is 0 Å². The van der Waals surface area contributed by atoms with Crippen LogP contribution in [0.3, 0.4) is 0 Å². The smallest absolute Gasteiger partial charge is 0.0417 e. The first-order chi connectivity index (χ1) is 5.25. The molecule has 0 aromatic rings. The summed E-state index contributed by atoms with van der Waals surface area (Å²) in [5.74, 6) is 1.17. The van der Waals surface area contributed by atoms with Crippen molar-refractivity contribution < 1.29 is 9.90 Å². The Labute approximate surface area is 66.6 Å². The topological polar surface area (TPSA) is 40.1 Å². The second kappa shape index (κ2) is 2.50. The maximum Gasteiger partial charge on any atom is 0.0417 e. The minimum absolute atomic E-state index is 0.307. The van der Waals surface area contributed by atoms with Crippen molar-refractivity contribution in [3.05, 3.63) is 0 Å². The van der Waals surface area contributed by atoms with E-state index in [2.05, 4.69) is 0 Å². The highest BCUT2D eigenvalue weighted by atomic mass is 16.4. The number of fused-ring (bicyclic) bond motifs is 2. The number of rotatable bonds is 2. The molecule has 2 nitrogen and oxygen atoms in total. The van der Waals surface area contributed by atoms with Crippen LogP contribution in [0.2, 0.25) is 0 Å². The van der Waals surface area contributed by atoms with E-state index in [0.717, 1.165) is 18.3 Å². The predicted molar refractivity (Wildman–Crippen MR) is 38.6 cm³/mol. The van der Waals surface area contributed by atoms with Gasteiger partial charge in [-0.15, -0.1) is 0 Å². The maximum absolute atomic E-state index is 10.3. The van der Waals surface area contributed by atoms with Gasteiger partial charge in [0.2, 0.25) is 0 Å². The summed E-state index contributed by atoms with van der Waals surface area (Å²) in [5, 5.41) is 10.3. The zero-order chi connectivity index (χ0) is 7.84. The fraction of sp³-hybridized carbons (Fsp3) is 0.889. The molecule has 11 heavy (non-hydrogen) atoms. The summed E-state index contributed by atoms with van der Waals surface area (Å²) in [6, 6.07) is 0. The van der Waals surface area contributed by atoms with Crippen LogP contribution in [0, 0.1) is 17.8 Å². The molecule has 0 unspecified atom stereocenters. The lowest BCUT2D eigenvalue weighted by Gasteiger charge is -2.21. The van der Waals surface area contributed by atoms with Crippen molar-refractivity contribution in [3.8, 4) is 0 Å². The van der Waals surface area contributed by atoms with Gasteiger partial charge in [0.15, 0.2) is 0 Å². The predicted octanol–water partition coefficient (Wildman–Crippen LogP) is 0.563. The molecule has 0 amide bonds. The molecule has 2 fully saturated rings. The Hall–Kier alpha value is -0.530. The maximum atomic E-state index is 10.3. The molecule has 3 atom stereocenters. The van der Waals surface area contributed by atoms with Crippen molar-refractivity contribution in [1.82, 2.24) is 0 Å². The van der Waals surface area contributed by atoms with Gasteiger partial charge in [-0.3, -0.25) is 0 Å². The summed E-state index contributed by atoms with van der Waals surface area (Å²) in [5.41, 5.74) is 0. The minimum atomic E-state index is -0.859. The van der Waals surface area contributed by atoms with Crippen LogP contribution in [-0.2, 0) is 4.79 Å². The Morgan fingerprint density at radius 1 is 1.36 bits per heavy atom. The number of carboxylic acids is 1. The number of hydrogen-bond acceptors (Lipinski definition) is 2. The summed E-state index contributed by atoms with van der Waals surface area (Å²) < 4.78 is 0. The van der Waals surface area contributed by atoms with Gasteiger partial charge in [0, 0.05) is 5.97 Å². The van der Waals surface area contributed by atoms with Crippen LogP contribution in [0.5, 0.6) is 0 Å². The largest absolute Gasteiger partial charge is 0.550 e. The van der Waals surface area contributed by atoms with E-state index in [-0.39, 0.29) is 0 Å². The van der Waals surface area contributed by atoms with Crippen LogP contribution in [0.1, 0.15) is 32.1 Å². The zero-order valence-electron chi connectivity index (χ0n) is 6.58. The molecule has 2 bridgehead atoms. The molecule has 0 heterocycles. The second-order valence-corrected chi connectivity index (χ2v) is 4.01. The molecule has 2 aliphatic rings. The molecule has 2 aliphatic carbocycles. The number of aliphatic carboxylic acids is 1. The van der Waals surface area contributed by atoms with E-state index in [1.54, 1.807) is 0 Å². The Balaban J connectivity index is 1.92. The summed E-state index contributed by atoms with van der Waals surface area (Å²) in [4.78, 5) is 10.3. The van der Waals surface area contributed by atoms with Crippen LogP contribution in [0.25, 0.3) is 0 Å². The Morgan fingerprint density at radius 2 is 2.18 bits per heavy atom. The summed E-state index contributed by atoms with van der Waals surface area (Å²) in [6.45, 7) is 0. The van der Waals surface area contributed by atoms with E-state index >= 15 is 0 Å². The molecule has 0 radical (unpaired) electrons. The van der Waals surface area contributed by atoms with E-state index in [1.807, 2.05) is 0 Å². The fourth-order valence-electron chi connectivity index (χ4n) is 2.84. The van der Waals surface area contributed by atoms with E-state index in [1.165, 1.54) is 19.3 Å². The molecule has 0 aromatic heterocycles. The van der Waals surface area contributed by atoms with Crippen LogP contribution >= 0.6 is 0 Å². The average Bonchev–Trinajstić information content (AvgIpc) is 2.45. The van der Waals surface area contributed by atoms with E-state index < -0.39 is 5.97 Å². The first-order valence-electron chi connectivity index (χ1n) is 4.45. The SMILES string of the molecule is O=C([O-])C[C@H]1C[C@@H]2CC[C@H]1C2. The third-order valence-corrected chi connectivity index (χ3v) is 3.31. The number of carboxylic acid groups (broad SMARTS) is 1. The summed E-state index contributed by atoms with van der Waals surface area (Å²) >= 11 is 0. The molecule has 2 rings (SSSR count). The Bertz CT molecular complexity index is 176. The van der Waals surface area contributed by atoms with Crippen molar-refractivity contribution in [2.75, 3.05) is 0 Å². The second-order valence-electron chi connectivity index (χ2n) is 4.01. The van der Waals surface area contributed by atoms with Gasteiger partial charge in [-0.2, -0.15) is 0 Å². The number of carbonyl (C=O) groups excluding carboxylic acids is 1. The number of hydrogen-bond donors (Lipinski definition) is 0. The highest BCUT2D eigenvalue weighted by Crippen LogP contribution is 2.49. The van der Waals surface area contributed by atoms with Crippen molar-refractivity contribution in [2.24, 2.45) is 17.8 Å². The highest BCUT2D eigenvalue weighted by Gasteiger charge is 2.38. The van der Waals surface area contributed by atoms with Gasteiger partial charge >= 0.3 is 0 Å². The molecular formula is C9H13O2-. The Kier molecular flexibility index (Phi) is 1.63. The molecule has 0 N–H and O–H groups in total. The van der Waals surface area contributed by atoms with Crippen LogP contribution in [0.15, 0.2) is 0 Å². The fourth-order valence-corrected chi connectivity index (χ4v) is 2.84. The number of carbonyl (C=O) groups is 1. The van der Waals surface area contributed by atoms with Gasteiger partial charge in [-0.1, -0.05) is 6.42 Å². The monoisotopic (exact) mass is 153 g/mol. The van der Waals surface area contributed by atoms with Gasteiger partial charge in [-0.05, 0) is 43.4 Å². The molecule has 62 valence electrons. The highest BCUT2D eigenvalue weighted by molar-refractivity contribution is 5.64. The normalized spacial score (nSPS) is 41.3. The first-order valence-corrected chi connectivity index (χ1v) is 4.45. The third kappa shape index (κ3) is 1.26. The van der Waals surface area contributed by atoms with E-state index in [0.29, 0.717) is 12.3 Å². The van der Waals surface area contributed by atoms with Crippen molar-refractivity contribution in [1.29, 1.82) is 0 Å². The third-order valence-electron chi connectivity index (χ3n) is 3.31. The van der Waals surface area contributed by atoms with Gasteiger partial charge in [0.05, 0.1) is 0 Å². The quantitative estimate of drug-likeness (QED) is 0.581. The Morgan fingerprint density at radius 3 is 2.64 bits per heavy atom. The molecule has 2 heteroatoms. The van der Waals surface area contributed by atoms with Crippen LogP contribution < -0.4 is 5.11 Å². The van der Waals surface area contributed by atoms with Crippen molar-refractivity contribution >= 4 is 5.97 Å². The average molecular weight is 153 g/mol. The van der Waals surface area contributed by atoms with E-state index in [9.17, 15) is 9.90 Å². The first kappa shape index (κ1) is 7.14. The molecule has 0 spiro atoms. The lowest BCUT2D eigenvalue weighted by atomic mass is 9.86. The summed E-state index contributed by atoms with van der Waals surface area (Å²) in [6.07, 6.45) is 5.36. The molecule has 2 saturated carbocycles. The van der Waals surface area contributed by atoms with E-state index in [4.69, 9.17) is 0 Å². The summed E-state index contributed by atoms with van der Waals surface area (Å²) in [7, 11) is 0. The van der Waals surface area contributed by atoms with Gasteiger partial charge < -0.3 is 9.90 Å². The van der Waals surface area contributed by atoms with Gasteiger partial charge in [0.1, 0.15) is 0 Å².